The topological polar surface area (TPSA) is 52.7 Å². The van der Waals surface area contributed by atoms with Gasteiger partial charge in [-0.2, -0.15) is 0 Å². The molecule has 0 aromatic heterocycles. The van der Waals surface area contributed by atoms with E-state index in [0.29, 0.717) is 19.0 Å². The van der Waals surface area contributed by atoms with Gasteiger partial charge in [-0.3, -0.25) is 9.59 Å². The highest BCUT2D eigenvalue weighted by Crippen LogP contribution is 2.28. The molecule has 0 radical (unpaired) electrons. The minimum absolute atomic E-state index is 0.0236. The van der Waals surface area contributed by atoms with Crippen LogP contribution in [0.25, 0.3) is 0 Å². The highest BCUT2D eigenvalue weighted by Gasteiger charge is 2.33. The summed E-state index contributed by atoms with van der Waals surface area (Å²) in [5, 5.41) is 3.67. The highest BCUT2D eigenvalue weighted by atomic mass is 16.2. The Morgan fingerprint density at radius 3 is 2.42 bits per heavy atom. The van der Waals surface area contributed by atoms with Gasteiger partial charge in [0.15, 0.2) is 0 Å². The molecule has 5 heteroatoms. The summed E-state index contributed by atoms with van der Waals surface area (Å²) in [5.74, 6) is 1.44. The Labute approximate surface area is 146 Å². The predicted molar refractivity (Wildman–Crippen MR) is 94.5 cm³/mol. The first-order chi connectivity index (χ1) is 11.7. The number of carbonyl (C=O) groups is 2. The van der Waals surface area contributed by atoms with E-state index in [2.05, 4.69) is 5.32 Å². The average Bonchev–Trinajstić information content (AvgIpc) is 3.44. The molecule has 2 saturated heterocycles. The Morgan fingerprint density at radius 1 is 1.00 bits per heavy atom. The normalized spacial score (nSPS) is 25.8. The molecule has 2 aliphatic heterocycles. The van der Waals surface area contributed by atoms with Crippen LogP contribution in [0.4, 0.5) is 0 Å². The molecule has 136 valence electrons. The zero-order chi connectivity index (χ0) is 16.9. The fraction of sp³-hybridized carbons (Fsp3) is 0.895. The zero-order valence-corrected chi connectivity index (χ0v) is 15.1. The van der Waals surface area contributed by atoms with Gasteiger partial charge in [0, 0.05) is 38.6 Å². The summed E-state index contributed by atoms with van der Waals surface area (Å²) < 4.78 is 0. The molecule has 0 spiro atoms. The van der Waals surface area contributed by atoms with Gasteiger partial charge in [-0.15, -0.1) is 0 Å². The van der Waals surface area contributed by atoms with Gasteiger partial charge in [-0.25, -0.2) is 0 Å². The van der Waals surface area contributed by atoms with Crippen molar-refractivity contribution in [3.63, 3.8) is 0 Å². The molecular weight excluding hydrogens is 302 g/mol. The van der Waals surface area contributed by atoms with Crippen molar-refractivity contribution in [3.8, 4) is 0 Å². The number of rotatable bonds is 6. The summed E-state index contributed by atoms with van der Waals surface area (Å²) in [5.41, 5.74) is 0. The zero-order valence-electron chi connectivity index (χ0n) is 15.1. The number of hydrogen-bond donors (Lipinski definition) is 1. The molecule has 0 aromatic rings. The molecule has 1 N–H and O–H groups in total. The fourth-order valence-electron chi connectivity index (χ4n) is 3.99. The second kappa shape index (κ2) is 8.32. The van der Waals surface area contributed by atoms with Crippen molar-refractivity contribution in [1.82, 2.24) is 15.1 Å². The van der Waals surface area contributed by atoms with Crippen molar-refractivity contribution in [1.29, 1.82) is 0 Å². The number of likely N-dealkylation sites (tertiary alicyclic amines) is 2. The molecular formula is C19H33N3O2. The van der Waals surface area contributed by atoms with Gasteiger partial charge in [-0.1, -0.05) is 6.92 Å². The molecule has 0 aromatic carbocycles. The van der Waals surface area contributed by atoms with E-state index < -0.39 is 0 Å². The van der Waals surface area contributed by atoms with Crippen LogP contribution >= 0.6 is 0 Å². The van der Waals surface area contributed by atoms with Crippen LogP contribution in [0.3, 0.4) is 0 Å². The summed E-state index contributed by atoms with van der Waals surface area (Å²) in [6.45, 7) is 6.41. The third-order valence-corrected chi connectivity index (χ3v) is 5.79. The van der Waals surface area contributed by atoms with Gasteiger partial charge in [0.05, 0.1) is 5.92 Å². The quantitative estimate of drug-likeness (QED) is 0.808. The van der Waals surface area contributed by atoms with Crippen molar-refractivity contribution in [2.24, 2.45) is 11.8 Å². The summed E-state index contributed by atoms with van der Waals surface area (Å²) >= 11 is 0. The Balaban J connectivity index is 1.43. The largest absolute Gasteiger partial charge is 0.342 e. The molecule has 1 unspecified atom stereocenters. The second-order valence-corrected chi connectivity index (χ2v) is 7.88. The second-order valence-electron chi connectivity index (χ2n) is 7.88. The van der Waals surface area contributed by atoms with E-state index in [0.717, 1.165) is 64.2 Å². The minimum atomic E-state index is 0.0236. The van der Waals surface area contributed by atoms with Crippen LogP contribution < -0.4 is 5.32 Å². The van der Waals surface area contributed by atoms with Crippen LogP contribution in [0.1, 0.15) is 58.3 Å². The molecule has 3 rings (SSSR count). The number of carbonyl (C=O) groups excluding carboxylic acids is 2. The highest BCUT2D eigenvalue weighted by molar-refractivity contribution is 5.81. The standard InChI is InChI=1S/C19H33N3O2/c1-2-4-18(23)22-10-3-5-16(14-22)19(24)21-11-8-17(9-12-21)20-13-15-6-7-15/h15-17,20H,2-14H2,1H3. The molecule has 1 atom stereocenters. The van der Waals surface area contributed by atoms with E-state index >= 15 is 0 Å². The van der Waals surface area contributed by atoms with Crippen LogP contribution in [0.15, 0.2) is 0 Å². The van der Waals surface area contributed by atoms with Gasteiger partial charge in [0.1, 0.15) is 0 Å². The summed E-state index contributed by atoms with van der Waals surface area (Å²) in [6.07, 6.45) is 8.32. The van der Waals surface area contributed by atoms with E-state index in [1.54, 1.807) is 0 Å². The third kappa shape index (κ3) is 4.71. The number of nitrogens with one attached hydrogen (secondary N) is 1. The van der Waals surface area contributed by atoms with Crippen molar-refractivity contribution in [3.05, 3.63) is 0 Å². The Kier molecular flexibility index (Phi) is 6.14. The number of amides is 2. The Morgan fingerprint density at radius 2 is 1.75 bits per heavy atom. The van der Waals surface area contributed by atoms with Gasteiger partial charge in [0.25, 0.3) is 0 Å². The van der Waals surface area contributed by atoms with E-state index in [-0.39, 0.29) is 17.7 Å². The number of hydrogen-bond acceptors (Lipinski definition) is 3. The Hall–Kier alpha value is -1.10. The van der Waals surface area contributed by atoms with Gasteiger partial charge >= 0.3 is 0 Å². The Bertz CT molecular complexity index is 442. The lowest BCUT2D eigenvalue weighted by molar-refractivity contribution is -0.141. The van der Waals surface area contributed by atoms with E-state index in [9.17, 15) is 9.59 Å². The summed E-state index contributed by atoms with van der Waals surface area (Å²) in [6, 6.07) is 0.587. The first kappa shape index (κ1) is 17.7. The molecule has 1 aliphatic carbocycles. The molecule has 3 fully saturated rings. The molecule has 1 saturated carbocycles. The molecule has 24 heavy (non-hydrogen) atoms. The van der Waals surface area contributed by atoms with Gasteiger partial charge < -0.3 is 15.1 Å². The monoisotopic (exact) mass is 335 g/mol. The van der Waals surface area contributed by atoms with Crippen LogP contribution in [0.5, 0.6) is 0 Å². The van der Waals surface area contributed by atoms with Crippen molar-refractivity contribution >= 4 is 11.8 Å². The fourth-order valence-corrected chi connectivity index (χ4v) is 3.99. The summed E-state index contributed by atoms with van der Waals surface area (Å²) in [4.78, 5) is 28.9. The molecule has 3 aliphatic rings. The van der Waals surface area contributed by atoms with Crippen molar-refractivity contribution in [2.45, 2.75) is 64.3 Å². The first-order valence-electron chi connectivity index (χ1n) is 9.97. The van der Waals surface area contributed by atoms with Crippen molar-refractivity contribution in [2.75, 3.05) is 32.7 Å². The summed E-state index contributed by atoms with van der Waals surface area (Å²) in [7, 11) is 0. The van der Waals surface area contributed by atoms with Crippen molar-refractivity contribution < 1.29 is 9.59 Å². The molecule has 2 amide bonds. The average molecular weight is 335 g/mol. The SMILES string of the molecule is CCCC(=O)N1CCCC(C(=O)N2CCC(NCC3CC3)CC2)C1. The van der Waals surface area contributed by atoms with E-state index in [4.69, 9.17) is 0 Å². The molecule has 5 nitrogen and oxygen atoms in total. The minimum Gasteiger partial charge on any atom is -0.342 e. The van der Waals surface area contributed by atoms with Crippen LogP contribution in [-0.4, -0.2) is 60.4 Å². The maximum atomic E-state index is 12.8. The predicted octanol–water partition coefficient (Wildman–Crippen LogP) is 2.02. The third-order valence-electron chi connectivity index (χ3n) is 5.79. The smallest absolute Gasteiger partial charge is 0.227 e. The van der Waals surface area contributed by atoms with Crippen LogP contribution in [0.2, 0.25) is 0 Å². The van der Waals surface area contributed by atoms with Crippen LogP contribution in [0, 0.1) is 11.8 Å². The maximum absolute atomic E-state index is 12.8. The van der Waals surface area contributed by atoms with Crippen LogP contribution in [-0.2, 0) is 9.59 Å². The maximum Gasteiger partial charge on any atom is 0.227 e. The number of nitrogens with zero attached hydrogens (tertiary/aromatic N) is 2. The lowest BCUT2D eigenvalue weighted by Crippen LogP contribution is -2.50. The number of piperidine rings is 2. The van der Waals surface area contributed by atoms with Gasteiger partial charge in [-0.05, 0) is 57.4 Å². The van der Waals surface area contributed by atoms with E-state index in [1.165, 1.54) is 12.8 Å². The molecule has 0 bridgehead atoms. The first-order valence-corrected chi connectivity index (χ1v) is 9.97. The lowest BCUT2D eigenvalue weighted by Gasteiger charge is -2.38. The van der Waals surface area contributed by atoms with Gasteiger partial charge in [0.2, 0.25) is 11.8 Å². The van der Waals surface area contributed by atoms with E-state index in [1.807, 2.05) is 16.7 Å². The lowest BCUT2D eigenvalue weighted by atomic mass is 9.94. The molecule has 2 heterocycles.